The van der Waals surface area contributed by atoms with E-state index in [1.54, 1.807) is 0 Å². The maximum absolute atomic E-state index is 9.60. The molecule has 80 valence electrons. The molecule has 0 aromatic heterocycles. The molecule has 0 radical (unpaired) electrons. The number of para-hydroxylation sites is 1. The zero-order valence-electron chi connectivity index (χ0n) is 8.64. The Bertz CT molecular complexity index is 390. The summed E-state index contributed by atoms with van der Waals surface area (Å²) in [5, 5.41) is 9.60. The molecule has 3 atom stereocenters. The normalized spacial score (nSPS) is 38.0. The average molecular weight is 206 g/mol. The average Bonchev–Trinajstić information content (AvgIpc) is 2.15. The summed E-state index contributed by atoms with van der Waals surface area (Å²) in [6, 6.07) is 7.88. The molecule has 0 amide bonds. The fourth-order valence-corrected chi connectivity index (χ4v) is 2.50. The third-order valence-corrected chi connectivity index (χ3v) is 3.17. The molecule has 1 aromatic carbocycles. The molecule has 15 heavy (non-hydrogen) atoms. The first-order chi connectivity index (χ1) is 7.16. The van der Waals surface area contributed by atoms with Gasteiger partial charge in [-0.25, -0.2) is 0 Å². The lowest BCUT2D eigenvalue weighted by Crippen LogP contribution is -2.47. The SMILES string of the molecule is C[C@@]12C[C@@H](O)O[C@@H](C1)c1ccccc1O2. The molecule has 2 aliphatic heterocycles. The summed E-state index contributed by atoms with van der Waals surface area (Å²) in [5.41, 5.74) is 0.769. The minimum absolute atomic E-state index is 0.0244. The predicted molar refractivity (Wildman–Crippen MR) is 54.5 cm³/mol. The van der Waals surface area contributed by atoms with Crippen molar-refractivity contribution in [2.45, 2.75) is 37.8 Å². The van der Waals surface area contributed by atoms with Gasteiger partial charge in [-0.15, -0.1) is 0 Å². The first-order valence-electron chi connectivity index (χ1n) is 5.28. The van der Waals surface area contributed by atoms with E-state index in [4.69, 9.17) is 9.47 Å². The van der Waals surface area contributed by atoms with E-state index < -0.39 is 6.29 Å². The van der Waals surface area contributed by atoms with E-state index >= 15 is 0 Å². The molecule has 2 aliphatic rings. The van der Waals surface area contributed by atoms with Crippen molar-refractivity contribution in [2.75, 3.05) is 0 Å². The van der Waals surface area contributed by atoms with Gasteiger partial charge < -0.3 is 14.6 Å². The Morgan fingerprint density at radius 3 is 3.00 bits per heavy atom. The standard InChI is InChI=1S/C12H14O3/c1-12-6-10(14-11(13)7-12)8-4-2-3-5-9(8)15-12/h2-5,10-11,13H,6-7H2,1H3/t10-,11-,12-/m0/s1. The molecule has 0 unspecified atom stereocenters. The van der Waals surface area contributed by atoms with E-state index in [2.05, 4.69) is 0 Å². The highest BCUT2D eigenvalue weighted by Gasteiger charge is 2.44. The first-order valence-corrected chi connectivity index (χ1v) is 5.28. The summed E-state index contributed by atoms with van der Waals surface area (Å²) < 4.78 is 11.4. The second kappa shape index (κ2) is 2.97. The maximum Gasteiger partial charge on any atom is 0.159 e. The fraction of sp³-hybridized carbons (Fsp3) is 0.500. The number of fused-ring (bicyclic) bond motifs is 4. The number of aliphatic hydroxyl groups excluding tert-OH is 1. The summed E-state index contributed by atoms with van der Waals surface area (Å²) in [4.78, 5) is 0. The summed E-state index contributed by atoms with van der Waals surface area (Å²) in [6.07, 6.45) is 0.629. The third kappa shape index (κ3) is 1.43. The van der Waals surface area contributed by atoms with Crippen molar-refractivity contribution in [1.82, 2.24) is 0 Å². The van der Waals surface area contributed by atoms with E-state index in [1.165, 1.54) is 0 Å². The van der Waals surface area contributed by atoms with Gasteiger partial charge in [-0.1, -0.05) is 18.2 Å². The molecule has 1 N–H and O–H groups in total. The van der Waals surface area contributed by atoms with Gasteiger partial charge in [0.1, 0.15) is 11.4 Å². The van der Waals surface area contributed by atoms with Gasteiger partial charge in [0.25, 0.3) is 0 Å². The molecule has 1 saturated heterocycles. The lowest BCUT2D eigenvalue weighted by Gasteiger charge is -2.45. The van der Waals surface area contributed by atoms with Crippen LogP contribution in [0.15, 0.2) is 24.3 Å². The number of aliphatic hydroxyl groups is 1. The van der Waals surface area contributed by atoms with Gasteiger partial charge >= 0.3 is 0 Å². The molecule has 2 bridgehead atoms. The second-order valence-corrected chi connectivity index (χ2v) is 4.58. The highest BCUT2D eigenvalue weighted by Crippen LogP contribution is 2.46. The largest absolute Gasteiger partial charge is 0.487 e. The van der Waals surface area contributed by atoms with Crippen LogP contribution in [0.3, 0.4) is 0 Å². The van der Waals surface area contributed by atoms with Crippen LogP contribution >= 0.6 is 0 Å². The summed E-state index contributed by atoms with van der Waals surface area (Å²) in [7, 11) is 0. The first kappa shape index (κ1) is 9.19. The lowest BCUT2D eigenvalue weighted by molar-refractivity contribution is -0.220. The number of hydrogen-bond acceptors (Lipinski definition) is 3. The monoisotopic (exact) mass is 206 g/mol. The van der Waals surface area contributed by atoms with E-state index in [9.17, 15) is 5.11 Å². The number of benzene rings is 1. The van der Waals surface area contributed by atoms with Crippen LogP contribution in [0.4, 0.5) is 0 Å². The highest BCUT2D eigenvalue weighted by molar-refractivity contribution is 5.38. The molecule has 3 heteroatoms. The van der Waals surface area contributed by atoms with Crippen LogP contribution in [0.1, 0.15) is 31.4 Å². The third-order valence-electron chi connectivity index (χ3n) is 3.17. The molecule has 1 fully saturated rings. The number of ether oxygens (including phenoxy) is 2. The Labute approximate surface area is 88.6 Å². The van der Waals surface area contributed by atoms with Crippen molar-refractivity contribution < 1.29 is 14.6 Å². The minimum Gasteiger partial charge on any atom is -0.487 e. The molecule has 2 heterocycles. The van der Waals surface area contributed by atoms with Crippen LogP contribution < -0.4 is 4.74 Å². The topological polar surface area (TPSA) is 38.7 Å². The smallest absolute Gasteiger partial charge is 0.159 e. The van der Waals surface area contributed by atoms with E-state index in [0.717, 1.165) is 17.7 Å². The van der Waals surface area contributed by atoms with Crippen molar-refractivity contribution in [1.29, 1.82) is 0 Å². The molecule has 0 aliphatic carbocycles. The Morgan fingerprint density at radius 1 is 1.33 bits per heavy atom. The van der Waals surface area contributed by atoms with Crippen LogP contribution in [-0.4, -0.2) is 17.0 Å². The van der Waals surface area contributed by atoms with E-state index in [1.807, 2.05) is 31.2 Å². The van der Waals surface area contributed by atoms with Crippen molar-refractivity contribution in [3.05, 3.63) is 29.8 Å². The maximum atomic E-state index is 9.60. The van der Waals surface area contributed by atoms with Crippen molar-refractivity contribution in [3.8, 4) is 5.75 Å². The Hall–Kier alpha value is -1.06. The van der Waals surface area contributed by atoms with Crippen molar-refractivity contribution in [3.63, 3.8) is 0 Å². The molecule has 0 spiro atoms. The van der Waals surface area contributed by atoms with Crippen LogP contribution in [0.2, 0.25) is 0 Å². The van der Waals surface area contributed by atoms with Crippen LogP contribution in [-0.2, 0) is 4.74 Å². The molecule has 3 rings (SSSR count). The summed E-state index contributed by atoms with van der Waals surface area (Å²) in [6.45, 7) is 2.03. The van der Waals surface area contributed by atoms with Crippen molar-refractivity contribution in [2.24, 2.45) is 0 Å². The Morgan fingerprint density at radius 2 is 2.13 bits per heavy atom. The Kier molecular flexibility index (Phi) is 1.82. The molecule has 0 saturated carbocycles. The Balaban J connectivity index is 2.06. The van der Waals surface area contributed by atoms with Crippen molar-refractivity contribution >= 4 is 0 Å². The van der Waals surface area contributed by atoms with E-state index in [0.29, 0.717) is 6.42 Å². The van der Waals surface area contributed by atoms with Gasteiger partial charge in [0, 0.05) is 18.4 Å². The van der Waals surface area contributed by atoms with Gasteiger partial charge in [-0.2, -0.15) is 0 Å². The van der Waals surface area contributed by atoms with Gasteiger partial charge in [0.2, 0.25) is 0 Å². The zero-order valence-corrected chi connectivity index (χ0v) is 8.64. The summed E-state index contributed by atoms with van der Waals surface area (Å²) in [5.74, 6) is 0.892. The van der Waals surface area contributed by atoms with Gasteiger partial charge in [0.05, 0.1) is 6.10 Å². The minimum atomic E-state index is -0.706. The van der Waals surface area contributed by atoms with E-state index in [-0.39, 0.29) is 11.7 Å². The second-order valence-electron chi connectivity index (χ2n) is 4.58. The summed E-state index contributed by atoms with van der Waals surface area (Å²) >= 11 is 0. The van der Waals surface area contributed by atoms with Gasteiger partial charge in [-0.3, -0.25) is 0 Å². The fourth-order valence-electron chi connectivity index (χ4n) is 2.50. The molecular weight excluding hydrogens is 192 g/mol. The lowest BCUT2D eigenvalue weighted by atomic mass is 9.85. The highest BCUT2D eigenvalue weighted by atomic mass is 16.6. The van der Waals surface area contributed by atoms with Crippen LogP contribution in [0, 0.1) is 0 Å². The quantitative estimate of drug-likeness (QED) is 0.705. The van der Waals surface area contributed by atoms with Gasteiger partial charge in [0.15, 0.2) is 6.29 Å². The van der Waals surface area contributed by atoms with Crippen LogP contribution in [0.25, 0.3) is 0 Å². The molecule has 1 aromatic rings. The zero-order chi connectivity index (χ0) is 10.5. The molecule has 3 nitrogen and oxygen atoms in total. The van der Waals surface area contributed by atoms with Gasteiger partial charge in [-0.05, 0) is 13.0 Å². The predicted octanol–water partition coefficient (Wildman–Crippen LogP) is 2.01. The van der Waals surface area contributed by atoms with Crippen LogP contribution in [0.5, 0.6) is 5.75 Å². The number of hydrogen-bond donors (Lipinski definition) is 1. The molecular formula is C12H14O3. The number of rotatable bonds is 0.